The van der Waals surface area contributed by atoms with Crippen molar-refractivity contribution in [2.24, 2.45) is 0 Å². The lowest BCUT2D eigenvalue weighted by Gasteiger charge is -2.29. The molecule has 170 valence electrons. The summed E-state index contributed by atoms with van der Waals surface area (Å²) in [5.41, 5.74) is 1.60. The predicted octanol–water partition coefficient (Wildman–Crippen LogP) is 3.33. The number of hydrogen-bond acceptors (Lipinski definition) is 4. The minimum absolute atomic E-state index is 0.111. The van der Waals surface area contributed by atoms with Gasteiger partial charge in [-0.2, -0.15) is 0 Å². The van der Waals surface area contributed by atoms with E-state index in [4.69, 9.17) is 21.4 Å². The highest BCUT2D eigenvalue weighted by Gasteiger charge is 2.32. The van der Waals surface area contributed by atoms with Crippen LogP contribution in [0.2, 0.25) is 5.02 Å². The number of fused-ring (bicyclic) bond motifs is 1. The van der Waals surface area contributed by atoms with Crippen LogP contribution in [0.5, 0.6) is 5.75 Å². The fourth-order valence-electron chi connectivity index (χ4n) is 3.49. The minimum Gasteiger partial charge on any atom is -0.491 e. The van der Waals surface area contributed by atoms with E-state index in [-0.39, 0.29) is 36.2 Å². The van der Waals surface area contributed by atoms with Crippen molar-refractivity contribution < 1.29 is 28.6 Å². The fourth-order valence-corrected chi connectivity index (χ4v) is 3.74. The highest BCUT2D eigenvalue weighted by molar-refractivity contribution is 6.34. The zero-order chi connectivity index (χ0) is 23.3. The molecule has 0 bridgehead atoms. The second-order valence-electron chi connectivity index (χ2n) is 7.25. The van der Waals surface area contributed by atoms with Crippen LogP contribution in [0.1, 0.15) is 22.8 Å². The van der Waals surface area contributed by atoms with Crippen LogP contribution < -0.4 is 15.0 Å². The molecule has 10 heteroatoms. The van der Waals surface area contributed by atoms with E-state index in [9.17, 15) is 18.8 Å². The minimum atomic E-state index is -1.15. The molecule has 3 amide bonds. The molecule has 2 aromatic carbocycles. The normalized spacial score (nSPS) is 15.5. The third kappa shape index (κ3) is 5.28. The quantitative estimate of drug-likeness (QED) is 0.684. The molecule has 2 N–H and O–H groups in total. The van der Waals surface area contributed by atoms with E-state index in [1.54, 1.807) is 42.2 Å². The van der Waals surface area contributed by atoms with Gasteiger partial charge in [-0.15, -0.1) is 0 Å². The molecule has 0 radical (unpaired) electrons. The predicted molar refractivity (Wildman–Crippen MR) is 117 cm³/mol. The summed E-state index contributed by atoms with van der Waals surface area (Å²) >= 11 is 6.33. The highest BCUT2D eigenvalue weighted by Crippen LogP contribution is 2.31. The van der Waals surface area contributed by atoms with Gasteiger partial charge in [-0.25, -0.2) is 9.18 Å². The maximum atomic E-state index is 13.4. The van der Waals surface area contributed by atoms with E-state index in [1.165, 1.54) is 17.0 Å². The van der Waals surface area contributed by atoms with E-state index in [2.05, 4.69) is 5.32 Å². The summed E-state index contributed by atoms with van der Waals surface area (Å²) in [4.78, 5) is 39.9. The lowest BCUT2D eigenvalue weighted by molar-refractivity contribution is -0.135. The van der Waals surface area contributed by atoms with Gasteiger partial charge in [-0.1, -0.05) is 29.8 Å². The number of nitrogens with one attached hydrogen (secondary N) is 1. The summed E-state index contributed by atoms with van der Waals surface area (Å²) in [5.74, 6) is -1.15. The van der Waals surface area contributed by atoms with Crippen LogP contribution in [0.4, 0.5) is 14.9 Å². The average Bonchev–Trinajstić information content (AvgIpc) is 2.92. The van der Waals surface area contributed by atoms with Gasteiger partial charge in [0, 0.05) is 24.8 Å². The van der Waals surface area contributed by atoms with Crippen LogP contribution in [0, 0.1) is 0 Å². The highest BCUT2D eigenvalue weighted by atomic mass is 35.5. The molecule has 0 spiro atoms. The van der Waals surface area contributed by atoms with Crippen molar-refractivity contribution in [3.63, 3.8) is 0 Å². The number of benzene rings is 2. The van der Waals surface area contributed by atoms with Gasteiger partial charge in [-0.05, 0) is 36.8 Å². The molecular weight excluding hydrogens is 441 g/mol. The molecule has 32 heavy (non-hydrogen) atoms. The van der Waals surface area contributed by atoms with Crippen molar-refractivity contribution >= 4 is 35.2 Å². The second-order valence-corrected chi connectivity index (χ2v) is 7.66. The molecule has 0 saturated heterocycles. The summed E-state index contributed by atoms with van der Waals surface area (Å²) in [7, 11) is 0. The van der Waals surface area contributed by atoms with Crippen LogP contribution in [0.15, 0.2) is 42.5 Å². The molecular formula is C22H23ClFN3O5. The van der Waals surface area contributed by atoms with Gasteiger partial charge in [0.15, 0.2) is 0 Å². The van der Waals surface area contributed by atoms with Crippen molar-refractivity contribution in [1.29, 1.82) is 0 Å². The molecule has 0 saturated carbocycles. The summed E-state index contributed by atoms with van der Waals surface area (Å²) in [5, 5.41) is 11.4. The fraction of sp³-hybridized carbons (Fsp3) is 0.318. The maximum Gasteiger partial charge on any atom is 0.323 e. The summed E-state index contributed by atoms with van der Waals surface area (Å²) in [6, 6.07) is 10.8. The van der Waals surface area contributed by atoms with Crippen LogP contribution in [-0.4, -0.2) is 60.3 Å². The van der Waals surface area contributed by atoms with Crippen LogP contribution in [0.25, 0.3) is 0 Å². The molecule has 1 atom stereocenters. The number of aliphatic carboxylic acids is 1. The Morgan fingerprint density at radius 3 is 2.69 bits per heavy atom. The summed E-state index contributed by atoms with van der Waals surface area (Å²) in [6.07, 6.45) is 0. The Morgan fingerprint density at radius 2 is 2.00 bits per heavy atom. The monoisotopic (exact) mass is 463 g/mol. The second kappa shape index (κ2) is 10.3. The van der Waals surface area contributed by atoms with Gasteiger partial charge >= 0.3 is 12.0 Å². The van der Waals surface area contributed by atoms with Gasteiger partial charge in [-0.3, -0.25) is 9.59 Å². The molecule has 0 fully saturated rings. The lowest BCUT2D eigenvalue weighted by atomic mass is 10.1. The maximum absolute atomic E-state index is 13.4. The number of carboxylic acid groups (broad SMARTS) is 1. The molecule has 1 aliphatic heterocycles. The smallest absolute Gasteiger partial charge is 0.323 e. The van der Waals surface area contributed by atoms with Crippen molar-refractivity contribution in [2.45, 2.75) is 19.5 Å². The third-order valence-corrected chi connectivity index (χ3v) is 5.33. The Labute approximate surface area is 189 Å². The Balaban J connectivity index is 1.90. The number of alkyl halides is 1. The van der Waals surface area contributed by atoms with Crippen LogP contribution >= 0.6 is 11.6 Å². The largest absolute Gasteiger partial charge is 0.491 e. The number of anilines is 1. The van der Waals surface area contributed by atoms with Crippen LogP contribution in [0.3, 0.4) is 0 Å². The van der Waals surface area contributed by atoms with E-state index in [0.29, 0.717) is 11.4 Å². The number of carbonyl (C=O) groups excluding carboxylic acids is 2. The number of amides is 3. The number of nitrogens with zero attached hydrogens (tertiary/aromatic N) is 2. The topological polar surface area (TPSA) is 99.2 Å². The molecule has 0 unspecified atom stereocenters. The Hall–Kier alpha value is -3.33. The first-order chi connectivity index (χ1) is 15.3. The first kappa shape index (κ1) is 23.3. The standard InChI is InChI=1S/C22H23ClFN3O5/c1-14-12-27(21(30)17-7-6-16(10-18(17)23)32-9-8-24)19-5-3-2-4-15(19)13-26(14)22(31)25-11-20(28)29/h2-7,10,14H,8-9,11-13H2,1H3,(H,25,31)(H,28,29)/t14-/m1/s1. The number of ether oxygens (including phenoxy) is 1. The number of para-hydroxylation sites is 1. The van der Waals surface area contributed by atoms with Crippen molar-refractivity contribution in [3.8, 4) is 5.75 Å². The van der Waals surface area contributed by atoms with Crippen molar-refractivity contribution in [2.75, 3.05) is 31.3 Å². The molecule has 1 aliphatic rings. The molecule has 3 rings (SSSR count). The Kier molecular flexibility index (Phi) is 7.53. The first-order valence-corrected chi connectivity index (χ1v) is 10.3. The Bertz CT molecular complexity index is 1020. The van der Waals surface area contributed by atoms with Crippen molar-refractivity contribution in [3.05, 3.63) is 58.6 Å². The van der Waals surface area contributed by atoms with Gasteiger partial charge < -0.3 is 25.0 Å². The van der Waals surface area contributed by atoms with E-state index < -0.39 is 31.3 Å². The van der Waals surface area contributed by atoms with Gasteiger partial charge in [0.05, 0.1) is 10.6 Å². The van der Waals surface area contributed by atoms with E-state index in [0.717, 1.165) is 5.56 Å². The molecule has 1 heterocycles. The number of carbonyl (C=O) groups is 3. The lowest BCUT2D eigenvalue weighted by Crippen LogP contribution is -2.49. The van der Waals surface area contributed by atoms with Gasteiger partial charge in [0.2, 0.25) is 0 Å². The Morgan fingerprint density at radius 1 is 1.25 bits per heavy atom. The number of hydrogen-bond donors (Lipinski definition) is 2. The van der Waals surface area contributed by atoms with Gasteiger partial charge in [0.1, 0.15) is 25.6 Å². The summed E-state index contributed by atoms with van der Waals surface area (Å²) < 4.78 is 17.6. The number of urea groups is 1. The molecule has 8 nitrogen and oxygen atoms in total. The average molecular weight is 464 g/mol. The molecule has 0 aromatic heterocycles. The molecule has 0 aliphatic carbocycles. The summed E-state index contributed by atoms with van der Waals surface area (Å²) in [6.45, 7) is 0.904. The zero-order valence-electron chi connectivity index (χ0n) is 17.4. The van der Waals surface area contributed by atoms with E-state index in [1.807, 2.05) is 0 Å². The molecule has 2 aromatic rings. The third-order valence-electron chi connectivity index (χ3n) is 5.02. The number of rotatable bonds is 6. The van der Waals surface area contributed by atoms with Crippen LogP contribution in [-0.2, 0) is 11.3 Å². The number of carboxylic acids is 1. The SMILES string of the molecule is C[C@@H]1CN(C(=O)c2ccc(OCCF)cc2Cl)c2ccccc2CN1C(=O)NCC(=O)O. The zero-order valence-corrected chi connectivity index (χ0v) is 18.1. The van der Waals surface area contributed by atoms with Crippen molar-refractivity contribution in [1.82, 2.24) is 10.2 Å². The van der Waals surface area contributed by atoms with Gasteiger partial charge in [0.25, 0.3) is 5.91 Å². The van der Waals surface area contributed by atoms with E-state index >= 15 is 0 Å². The first-order valence-electron chi connectivity index (χ1n) is 9.96. The number of halogens is 2.